The molecule has 1 rings (SSSR count). The Kier molecular flexibility index (Phi) is 5.23. The van der Waals surface area contributed by atoms with Crippen LogP contribution in [0.25, 0.3) is 0 Å². The normalized spacial score (nSPS) is 10.1. The van der Waals surface area contributed by atoms with Gasteiger partial charge in [0, 0.05) is 6.54 Å². The van der Waals surface area contributed by atoms with Gasteiger partial charge in [-0.05, 0) is 12.8 Å². The second-order valence-electron chi connectivity index (χ2n) is 3.78. The van der Waals surface area contributed by atoms with Gasteiger partial charge in [0.2, 0.25) is 5.95 Å². The van der Waals surface area contributed by atoms with Gasteiger partial charge in [-0.3, -0.25) is 4.79 Å². The van der Waals surface area contributed by atoms with Gasteiger partial charge in [-0.2, -0.15) is 5.10 Å². The minimum absolute atomic E-state index is 0.164. The van der Waals surface area contributed by atoms with Crippen LogP contribution in [0.4, 0.5) is 5.95 Å². The fourth-order valence-corrected chi connectivity index (χ4v) is 1.60. The van der Waals surface area contributed by atoms with Gasteiger partial charge in [0.15, 0.2) is 0 Å². The summed E-state index contributed by atoms with van der Waals surface area (Å²) in [5.74, 6) is -0.593. The van der Waals surface area contributed by atoms with Gasteiger partial charge < -0.3 is 10.0 Å². The maximum atomic E-state index is 10.8. The number of aryl methyl sites for hydroxylation is 2. The molecule has 0 saturated carbocycles. The summed E-state index contributed by atoms with van der Waals surface area (Å²) in [7, 11) is 0. The number of carbonyl (C=O) groups is 1. The van der Waals surface area contributed by atoms with Crippen LogP contribution in [0.5, 0.6) is 0 Å². The Morgan fingerprint density at radius 1 is 1.33 bits per heavy atom. The number of carboxylic acids is 1. The molecule has 0 radical (unpaired) electrons. The zero-order chi connectivity index (χ0) is 13.5. The predicted molar refractivity (Wildman–Crippen MR) is 68.6 cm³/mol. The first-order valence-electron chi connectivity index (χ1n) is 5.92. The minimum Gasteiger partial charge on any atom is -0.480 e. The van der Waals surface area contributed by atoms with Gasteiger partial charge in [0.1, 0.15) is 6.54 Å². The van der Waals surface area contributed by atoms with E-state index in [0.29, 0.717) is 12.5 Å². The number of hydrogen-bond acceptors (Lipinski definition) is 5. The third-order valence-electron chi connectivity index (χ3n) is 2.46. The number of rotatable bonds is 7. The lowest BCUT2D eigenvalue weighted by molar-refractivity contribution is -0.135. The second-order valence-corrected chi connectivity index (χ2v) is 3.78. The van der Waals surface area contributed by atoms with Crippen molar-refractivity contribution in [3.05, 3.63) is 24.0 Å². The van der Waals surface area contributed by atoms with E-state index in [-0.39, 0.29) is 6.54 Å². The van der Waals surface area contributed by atoms with Crippen molar-refractivity contribution in [2.45, 2.75) is 26.7 Å². The molecule has 0 saturated heterocycles. The molecule has 0 unspecified atom stereocenters. The maximum Gasteiger partial charge on any atom is 0.323 e. The molecule has 0 aromatic carbocycles. The molecule has 0 aliphatic carbocycles. The Bertz CT molecular complexity index is 434. The van der Waals surface area contributed by atoms with Gasteiger partial charge in [-0.25, -0.2) is 4.98 Å². The topological polar surface area (TPSA) is 79.2 Å². The Hall–Kier alpha value is -1.98. The van der Waals surface area contributed by atoms with Crippen molar-refractivity contribution in [2.75, 3.05) is 18.0 Å². The lowest BCUT2D eigenvalue weighted by Crippen LogP contribution is -2.32. The van der Waals surface area contributed by atoms with Crippen molar-refractivity contribution in [1.82, 2.24) is 15.2 Å². The van der Waals surface area contributed by atoms with Gasteiger partial charge in [-0.15, -0.1) is 11.7 Å². The van der Waals surface area contributed by atoms with E-state index in [4.69, 9.17) is 5.11 Å². The molecule has 1 heterocycles. The van der Waals surface area contributed by atoms with Crippen molar-refractivity contribution < 1.29 is 9.90 Å². The molecule has 18 heavy (non-hydrogen) atoms. The first kappa shape index (κ1) is 14.1. The van der Waals surface area contributed by atoms with E-state index < -0.39 is 5.97 Å². The van der Waals surface area contributed by atoms with E-state index in [1.807, 2.05) is 13.8 Å². The summed E-state index contributed by atoms with van der Waals surface area (Å²) in [4.78, 5) is 16.7. The zero-order valence-electron chi connectivity index (χ0n) is 10.8. The van der Waals surface area contributed by atoms with E-state index in [2.05, 4.69) is 21.8 Å². The van der Waals surface area contributed by atoms with Crippen LogP contribution in [0.2, 0.25) is 0 Å². The molecule has 1 aromatic heterocycles. The molecular weight excluding hydrogens is 232 g/mol. The molecule has 1 N–H and O–H groups in total. The lowest BCUT2D eigenvalue weighted by Gasteiger charge is -2.18. The molecule has 0 aliphatic heterocycles. The van der Waals surface area contributed by atoms with Crippen molar-refractivity contribution in [3.8, 4) is 0 Å². The smallest absolute Gasteiger partial charge is 0.323 e. The largest absolute Gasteiger partial charge is 0.480 e. The number of nitrogens with zero attached hydrogens (tertiary/aromatic N) is 4. The molecule has 0 fully saturated rings. The highest BCUT2D eigenvalue weighted by molar-refractivity contribution is 5.72. The van der Waals surface area contributed by atoms with E-state index in [9.17, 15) is 4.79 Å². The number of aliphatic carboxylic acids is 1. The van der Waals surface area contributed by atoms with Crippen molar-refractivity contribution in [1.29, 1.82) is 0 Å². The van der Waals surface area contributed by atoms with Crippen LogP contribution in [0.15, 0.2) is 12.7 Å². The van der Waals surface area contributed by atoms with Gasteiger partial charge in [0.05, 0.1) is 11.4 Å². The molecule has 1 aromatic rings. The van der Waals surface area contributed by atoms with Crippen LogP contribution in [0.1, 0.15) is 25.2 Å². The lowest BCUT2D eigenvalue weighted by atomic mass is 10.2. The summed E-state index contributed by atoms with van der Waals surface area (Å²) < 4.78 is 0. The van der Waals surface area contributed by atoms with Crippen molar-refractivity contribution in [3.63, 3.8) is 0 Å². The molecule has 0 aliphatic rings. The van der Waals surface area contributed by atoms with Crippen LogP contribution in [0, 0.1) is 0 Å². The molecule has 6 heteroatoms. The first-order chi connectivity index (χ1) is 8.62. The van der Waals surface area contributed by atoms with E-state index >= 15 is 0 Å². The Labute approximate surface area is 106 Å². The summed E-state index contributed by atoms with van der Waals surface area (Å²) in [5.41, 5.74) is 1.72. The van der Waals surface area contributed by atoms with Crippen LogP contribution in [0.3, 0.4) is 0 Å². The number of anilines is 1. The number of carboxylic acid groups (broad SMARTS) is 1. The summed E-state index contributed by atoms with van der Waals surface area (Å²) in [6.45, 7) is 7.79. The van der Waals surface area contributed by atoms with Gasteiger partial charge in [-0.1, -0.05) is 19.9 Å². The molecule has 98 valence electrons. The monoisotopic (exact) mass is 250 g/mol. The molecule has 0 spiro atoms. The maximum absolute atomic E-state index is 10.8. The van der Waals surface area contributed by atoms with Crippen LogP contribution >= 0.6 is 0 Å². The fourth-order valence-electron chi connectivity index (χ4n) is 1.60. The highest BCUT2D eigenvalue weighted by Crippen LogP contribution is 2.10. The average molecular weight is 250 g/mol. The van der Waals surface area contributed by atoms with Crippen LogP contribution < -0.4 is 4.90 Å². The third kappa shape index (κ3) is 3.51. The Morgan fingerprint density at radius 2 is 2.00 bits per heavy atom. The Balaban J connectivity index is 3.04. The van der Waals surface area contributed by atoms with Crippen molar-refractivity contribution >= 4 is 11.9 Å². The SMILES string of the molecule is C=CCN(CC(=O)O)c1nnc(CC)c(CC)n1. The summed E-state index contributed by atoms with van der Waals surface area (Å²) >= 11 is 0. The van der Waals surface area contributed by atoms with Crippen LogP contribution in [-0.4, -0.2) is 39.3 Å². The number of hydrogen-bond donors (Lipinski definition) is 1. The molecule has 6 nitrogen and oxygen atoms in total. The average Bonchev–Trinajstić information content (AvgIpc) is 2.37. The summed E-state index contributed by atoms with van der Waals surface area (Å²) in [6.07, 6.45) is 3.14. The molecule has 0 amide bonds. The predicted octanol–water partition coefficient (Wildman–Crippen LogP) is 1.07. The van der Waals surface area contributed by atoms with Crippen molar-refractivity contribution in [2.24, 2.45) is 0 Å². The fraction of sp³-hybridized carbons (Fsp3) is 0.500. The van der Waals surface area contributed by atoms with Gasteiger partial charge in [0.25, 0.3) is 0 Å². The van der Waals surface area contributed by atoms with E-state index in [1.54, 1.807) is 6.08 Å². The van der Waals surface area contributed by atoms with E-state index in [0.717, 1.165) is 24.2 Å². The highest BCUT2D eigenvalue weighted by atomic mass is 16.4. The Morgan fingerprint density at radius 3 is 2.50 bits per heavy atom. The first-order valence-corrected chi connectivity index (χ1v) is 5.92. The molecular formula is C12H18N4O2. The van der Waals surface area contributed by atoms with Crippen LogP contribution in [-0.2, 0) is 17.6 Å². The summed E-state index contributed by atoms with van der Waals surface area (Å²) in [6, 6.07) is 0. The minimum atomic E-state index is -0.932. The molecule has 0 bridgehead atoms. The summed E-state index contributed by atoms with van der Waals surface area (Å²) in [5, 5.41) is 16.9. The standard InChI is InChI=1S/C12H18N4O2/c1-4-7-16(8-11(17)18)12-13-9(5-2)10(6-3)14-15-12/h4H,1,5-8H2,2-3H3,(H,17,18). The number of aromatic nitrogens is 3. The second kappa shape index (κ2) is 6.68. The highest BCUT2D eigenvalue weighted by Gasteiger charge is 2.14. The quantitative estimate of drug-likeness (QED) is 0.729. The van der Waals surface area contributed by atoms with Gasteiger partial charge >= 0.3 is 5.97 Å². The third-order valence-corrected chi connectivity index (χ3v) is 2.46. The van der Waals surface area contributed by atoms with E-state index in [1.165, 1.54) is 4.90 Å². The molecule has 0 atom stereocenters. The zero-order valence-corrected chi connectivity index (χ0v) is 10.8.